The maximum atomic E-state index is 7.27. The molecule has 0 rings (SSSR count). The molecule has 0 amide bonds. The highest BCUT2D eigenvalue weighted by Crippen LogP contribution is 2.11. The van der Waals surface area contributed by atoms with Crippen LogP contribution in [0.4, 0.5) is 0 Å². The van der Waals surface area contributed by atoms with Crippen molar-refractivity contribution in [2.24, 2.45) is 5.84 Å². The van der Waals surface area contributed by atoms with E-state index in [9.17, 15) is 0 Å². The van der Waals surface area contributed by atoms with Crippen LogP contribution in [0.5, 0.6) is 0 Å². The third-order valence-electron chi connectivity index (χ3n) is 3.98. The number of nitrogens with one attached hydrogen (secondary N) is 4. The molecule has 6 N–H and O–H groups in total. The molecule has 0 radical (unpaired) electrons. The van der Waals surface area contributed by atoms with Gasteiger partial charge in [0.05, 0.1) is 0 Å². The third kappa shape index (κ3) is 17.2. The Kier molecular flexibility index (Phi) is 17.6. The molecular formula is C17H39N5. The van der Waals surface area contributed by atoms with Crippen molar-refractivity contribution in [3.05, 3.63) is 0 Å². The smallest absolute Gasteiger partial charge is 0.202 e. The Labute approximate surface area is 137 Å². The van der Waals surface area contributed by atoms with Gasteiger partial charge >= 0.3 is 0 Å². The monoisotopic (exact) mass is 313 g/mol. The summed E-state index contributed by atoms with van der Waals surface area (Å²) in [5.41, 5.74) is 2.29. The Bertz CT molecular complexity index is 233. The lowest BCUT2D eigenvalue weighted by Crippen LogP contribution is -2.40. The van der Waals surface area contributed by atoms with Gasteiger partial charge in [0.1, 0.15) is 0 Å². The number of guanidine groups is 1. The van der Waals surface area contributed by atoms with Crippen molar-refractivity contribution in [2.45, 2.75) is 84.0 Å². The Morgan fingerprint density at radius 2 is 1.14 bits per heavy atom. The molecule has 132 valence electrons. The average molecular weight is 314 g/mol. The van der Waals surface area contributed by atoms with E-state index in [0.29, 0.717) is 0 Å². The van der Waals surface area contributed by atoms with Crippen molar-refractivity contribution in [3.63, 3.8) is 0 Å². The largest absolute Gasteiger partial charge is 0.356 e. The van der Waals surface area contributed by atoms with E-state index in [-0.39, 0.29) is 5.96 Å². The molecule has 0 bridgehead atoms. The molecular weight excluding hydrogens is 274 g/mol. The van der Waals surface area contributed by atoms with Gasteiger partial charge in [-0.2, -0.15) is 0 Å². The summed E-state index contributed by atoms with van der Waals surface area (Å²) in [6.45, 7) is 5.31. The fourth-order valence-corrected chi connectivity index (χ4v) is 2.58. The van der Waals surface area contributed by atoms with Gasteiger partial charge in [0.25, 0.3) is 0 Å². The Hall–Kier alpha value is -0.810. The number of hydrogen-bond donors (Lipinski definition) is 5. The molecule has 0 unspecified atom stereocenters. The van der Waals surface area contributed by atoms with Crippen LogP contribution < -0.4 is 21.9 Å². The minimum absolute atomic E-state index is 0.210. The van der Waals surface area contributed by atoms with Crippen molar-refractivity contribution in [1.82, 2.24) is 16.1 Å². The van der Waals surface area contributed by atoms with E-state index in [1.54, 1.807) is 0 Å². The van der Waals surface area contributed by atoms with Gasteiger partial charge in [0.15, 0.2) is 0 Å². The van der Waals surface area contributed by atoms with Gasteiger partial charge < -0.3 is 10.6 Å². The number of rotatable bonds is 16. The van der Waals surface area contributed by atoms with Gasteiger partial charge in [-0.1, -0.05) is 71.1 Å². The zero-order valence-corrected chi connectivity index (χ0v) is 14.7. The molecule has 5 nitrogen and oxygen atoms in total. The minimum atomic E-state index is 0.210. The SMILES string of the molecule is CCNCCCCCCCCCCCCCCNC(=N)NN. The molecule has 0 aliphatic heterocycles. The van der Waals surface area contributed by atoms with Gasteiger partial charge in [0.2, 0.25) is 5.96 Å². The summed E-state index contributed by atoms with van der Waals surface area (Å²) in [6.07, 6.45) is 16.2. The van der Waals surface area contributed by atoms with Crippen molar-refractivity contribution < 1.29 is 0 Å². The quantitative estimate of drug-likeness (QED) is 0.0995. The van der Waals surface area contributed by atoms with Crippen LogP contribution in [0.1, 0.15) is 84.0 Å². The number of unbranched alkanes of at least 4 members (excludes halogenated alkanes) is 11. The highest BCUT2D eigenvalue weighted by Gasteiger charge is 1.95. The van der Waals surface area contributed by atoms with Crippen LogP contribution in [0.25, 0.3) is 0 Å². The summed E-state index contributed by atoms with van der Waals surface area (Å²) in [7, 11) is 0. The van der Waals surface area contributed by atoms with Gasteiger partial charge in [-0.25, -0.2) is 5.84 Å². The van der Waals surface area contributed by atoms with Gasteiger partial charge in [-0.3, -0.25) is 10.8 Å². The van der Waals surface area contributed by atoms with Crippen LogP contribution >= 0.6 is 0 Å². The first-order valence-corrected chi connectivity index (χ1v) is 9.31. The van der Waals surface area contributed by atoms with E-state index >= 15 is 0 Å². The van der Waals surface area contributed by atoms with Crippen LogP contribution in [-0.4, -0.2) is 25.6 Å². The van der Waals surface area contributed by atoms with Gasteiger partial charge in [0, 0.05) is 6.54 Å². The van der Waals surface area contributed by atoms with Crippen LogP contribution in [-0.2, 0) is 0 Å². The highest BCUT2D eigenvalue weighted by atomic mass is 15.3. The number of hydrogen-bond acceptors (Lipinski definition) is 3. The normalized spacial score (nSPS) is 10.6. The molecule has 0 saturated heterocycles. The molecule has 0 spiro atoms. The van der Waals surface area contributed by atoms with E-state index in [1.807, 2.05) is 0 Å². The van der Waals surface area contributed by atoms with Crippen molar-refractivity contribution in [2.75, 3.05) is 19.6 Å². The predicted octanol–water partition coefficient (Wildman–Crippen LogP) is 3.26. The molecule has 0 aliphatic rings. The van der Waals surface area contributed by atoms with Crippen LogP contribution in [0.15, 0.2) is 0 Å². The Balaban J connectivity index is 2.98. The summed E-state index contributed by atoms with van der Waals surface area (Å²) in [6, 6.07) is 0. The summed E-state index contributed by atoms with van der Waals surface area (Å²) in [4.78, 5) is 0. The predicted molar refractivity (Wildman–Crippen MR) is 97.0 cm³/mol. The van der Waals surface area contributed by atoms with E-state index in [0.717, 1.165) is 19.5 Å². The molecule has 0 heterocycles. The van der Waals surface area contributed by atoms with E-state index < -0.39 is 0 Å². The van der Waals surface area contributed by atoms with Gasteiger partial charge in [-0.05, 0) is 25.9 Å². The molecule has 22 heavy (non-hydrogen) atoms. The fraction of sp³-hybridized carbons (Fsp3) is 0.941. The third-order valence-corrected chi connectivity index (χ3v) is 3.98. The molecule has 0 aromatic heterocycles. The zero-order chi connectivity index (χ0) is 16.3. The van der Waals surface area contributed by atoms with E-state index in [2.05, 4.69) is 23.0 Å². The van der Waals surface area contributed by atoms with Crippen molar-refractivity contribution >= 4 is 5.96 Å². The fourth-order valence-electron chi connectivity index (χ4n) is 2.58. The summed E-state index contributed by atoms with van der Waals surface area (Å²) >= 11 is 0. The molecule has 5 heteroatoms. The molecule has 0 aromatic carbocycles. The maximum Gasteiger partial charge on any atom is 0.202 e. The molecule has 0 atom stereocenters. The average Bonchev–Trinajstić information content (AvgIpc) is 2.54. The lowest BCUT2D eigenvalue weighted by Gasteiger charge is -2.06. The van der Waals surface area contributed by atoms with E-state index in [1.165, 1.54) is 77.2 Å². The van der Waals surface area contributed by atoms with E-state index in [4.69, 9.17) is 11.3 Å². The zero-order valence-electron chi connectivity index (χ0n) is 14.7. The minimum Gasteiger partial charge on any atom is -0.356 e. The second-order valence-electron chi connectivity index (χ2n) is 6.04. The number of hydrazine groups is 1. The molecule has 0 fully saturated rings. The second kappa shape index (κ2) is 18.2. The Morgan fingerprint density at radius 1 is 0.727 bits per heavy atom. The standard InChI is InChI=1S/C17H39N5/c1-2-20-15-13-11-9-7-5-3-4-6-8-10-12-14-16-21-17(18)22-19/h20H,2-16,19H2,1H3,(H3,18,21,22). The molecule has 0 aromatic rings. The summed E-state index contributed by atoms with van der Waals surface area (Å²) in [5, 5.41) is 13.6. The lowest BCUT2D eigenvalue weighted by molar-refractivity contribution is 0.534. The lowest BCUT2D eigenvalue weighted by atomic mass is 10.1. The first-order chi connectivity index (χ1) is 10.8. The summed E-state index contributed by atoms with van der Waals surface area (Å²) < 4.78 is 0. The summed E-state index contributed by atoms with van der Waals surface area (Å²) in [5.74, 6) is 5.31. The van der Waals surface area contributed by atoms with Crippen molar-refractivity contribution in [1.29, 1.82) is 5.41 Å². The number of nitrogens with two attached hydrogens (primary N) is 1. The van der Waals surface area contributed by atoms with Crippen LogP contribution in [0.2, 0.25) is 0 Å². The Morgan fingerprint density at radius 3 is 1.55 bits per heavy atom. The first kappa shape index (κ1) is 21.2. The first-order valence-electron chi connectivity index (χ1n) is 9.31. The molecule has 0 saturated carbocycles. The topological polar surface area (TPSA) is 86.0 Å². The highest BCUT2D eigenvalue weighted by molar-refractivity contribution is 5.75. The second-order valence-corrected chi connectivity index (χ2v) is 6.04. The van der Waals surface area contributed by atoms with Crippen molar-refractivity contribution in [3.8, 4) is 0 Å². The van der Waals surface area contributed by atoms with Gasteiger partial charge in [-0.15, -0.1) is 0 Å². The van der Waals surface area contributed by atoms with Crippen LogP contribution in [0.3, 0.4) is 0 Å². The molecule has 0 aliphatic carbocycles. The van der Waals surface area contributed by atoms with Crippen LogP contribution in [0, 0.1) is 5.41 Å². The maximum absolute atomic E-state index is 7.27.